The summed E-state index contributed by atoms with van der Waals surface area (Å²) in [6.45, 7) is 10.1. The third-order valence-electron chi connectivity index (χ3n) is 9.61. The van der Waals surface area contributed by atoms with Crippen LogP contribution >= 0.6 is 22.6 Å². The van der Waals surface area contributed by atoms with Crippen molar-refractivity contribution in [1.29, 1.82) is 0 Å². The number of fused-ring (bicyclic) bond motifs is 4. The fourth-order valence-corrected chi connectivity index (χ4v) is 9.64. The van der Waals surface area contributed by atoms with Crippen molar-refractivity contribution in [3.63, 3.8) is 0 Å². The van der Waals surface area contributed by atoms with Crippen molar-refractivity contribution in [2.24, 2.45) is 0 Å². The molecule has 0 unspecified atom stereocenters. The average molecular weight is 829 g/mol. The minimum atomic E-state index is -4.25. The quantitative estimate of drug-likeness (QED) is 0.0573. The largest absolute Gasteiger partial charge is 0.748 e. The molecule has 1 N–H and O–H groups in total. The summed E-state index contributed by atoms with van der Waals surface area (Å²) >= 11 is 2.38. The van der Waals surface area contributed by atoms with E-state index in [1.807, 2.05) is 42.5 Å². The van der Waals surface area contributed by atoms with E-state index in [4.69, 9.17) is 0 Å². The summed E-state index contributed by atoms with van der Waals surface area (Å²) in [7, 11) is -8.24. The van der Waals surface area contributed by atoms with Crippen LogP contribution in [-0.2, 0) is 31.1 Å². The highest BCUT2D eigenvalue weighted by molar-refractivity contribution is 14.1. The molecule has 0 spiro atoms. The molecule has 8 nitrogen and oxygen atoms in total. The van der Waals surface area contributed by atoms with E-state index < -0.39 is 20.2 Å². The van der Waals surface area contributed by atoms with Gasteiger partial charge in [-0.3, -0.25) is 4.55 Å². The minimum absolute atomic E-state index is 0.247. The van der Waals surface area contributed by atoms with Crippen molar-refractivity contribution in [2.75, 3.05) is 29.5 Å². The Hall–Kier alpha value is -3.10. The van der Waals surface area contributed by atoms with Gasteiger partial charge in [0.05, 0.1) is 21.3 Å². The first-order chi connectivity index (χ1) is 23.5. The van der Waals surface area contributed by atoms with Gasteiger partial charge in [0.1, 0.15) is 6.54 Å². The summed E-state index contributed by atoms with van der Waals surface area (Å²) in [6.07, 6.45) is 16.1. The molecule has 2 aliphatic heterocycles. The molecule has 0 saturated carbocycles. The van der Waals surface area contributed by atoms with Gasteiger partial charge in [-0.05, 0) is 90.7 Å². The lowest BCUT2D eigenvalue weighted by molar-refractivity contribution is -0.438. The molecule has 3 aromatic carbocycles. The number of benzene rings is 3. The summed E-state index contributed by atoms with van der Waals surface area (Å²) < 4.78 is 68.9. The second-order valence-corrected chi connectivity index (χ2v) is 18.2. The van der Waals surface area contributed by atoms with Crippen molar-refractivity contribution in [1.82, 2.24) is 0 Å². The van der Waals surface area contributed by atoms with Gasteiger partial charge in [-0.15, -0.1) is 0 Å². The molecular formula is C39H45IN2O6S2. The van der Waals surface area contributed by atoms with Crippen molar-refractivity contribution in [3.8, 4) is 0 Å². The number of halogens is 1. The molecule has 11 heteroatoms. The second kappa shape index (κ2) is 15.2. The Balaban J connectivity index is 1.37. The highest BCUT2D eigenvalue weighted by Gasteiger charge is 2.45. The number of rotatable bonds is 14. The standard InChI is InChI=1S/C39H45IN2O6S2/c1-38(2)34(42(26-13-15-28-50(46,47)48)33-24-23-29-17-10-11-18-30(29)36(33)38)21-8-6-5-7-9-22-35-39(3,4)37-31(40)19-16-20-32(37)41(35)25-12-14-27-49(43,44)45/h5-11,16-24H,12-15,25-28H2,1-4H3,(H-,43,44,45,46,47,48). The van der Waals surface area contributed by atoms with Gasteiger partial charge in [-0.25, -0.2) is 8.42 Å². The van der Waals surface area contributed by atoms with Crippen LogP contribution in [0.15, 0.2) is 103 Å². The van der Waals surface area contributed by atoms with Crippen LogP contribution in [0, 0.1) is 3.57 Å². The Kier molecular flexibility index (Phi) is 11.6. The third-order valence-corrected chi connectivity index (χ3v) is 12.1. The van der Waals surface area contributed by atoms with Crippen LogP contribution in [0.3, 0.4) is 0 Å². The number of nitrogens with zero attached hydrogens (tertiary/aromatic N) is 2. The van der Waals surface area contributed by atoms with Crippen LogP contribution in [0.4, 0.5) is 11.4 Å². The monoisotopic (exact) mass is 828 g/mol. The number of anilines is 1. The first kappa shape index (κ1) is 38.1. The topological polar surface area (TPSA) is 118 Å². The normalized spacial score (nSPS) is 18.1. The fourth-order valence-electron chi connectivity index (χ4n) is 7.36. The summed E-state index contributed by atoms with van der Waals surface area (Å²) in [5.41, 5.74) is 6.37. The fraction of sp³-hybridized carbons (Fsp3) is 0.359. The van der Waals surface area contributed by atoms with E-state index in [1.165, 1.54) is 25.5 Å². The molecule has 0 aromatic heterocycles. The van der Waals surface area contributed by atoms with Crippen molar-refractivity contribution in [2.45, 2.75) is 64.2 Å². The van der Waals surface area contributed by atoms with Gasteiger partial charge >= 0.3 is 0 Å². The molecule has 0 saturated heterocycles. The maximum absolute atomic E-state index is 11.3. The number of allylic oxidation sites excluding steroid dienone is 8. The van der Waals surface area contributed by atoms with Crippen molar-refractivity contribution < 1.29 is 30.5 Å². The zero-order valence-electron chi connectivity index (χ0n) is 29.0. The van der Waals surface area contributed by atoms with Gasteiger partial charge in [0.15, 0.2) is 5.71 Å². The van der Waals surface area contributed by atoms with Crippen LogP contribution in [-0.4, -0.2) is 60.8 Å². The lowest BCUT2D eigenvalue weighted by atomic mass is 9.79. The predicted molar refractivity (Wildman–Crippen MR) is 211 cm³/mol. The zero-order valence-corrected chi connectivity index (χ0v) is 32.8. The molecule has 5 rings (SSSR count). The minimum Gasteiger partial charge on any atom is -0.748 e. The molecule has 0 fully saturated rings. The molecule has 2 aliphatic rings. The van der Waals surface area contributed by atoms with Crippen LogP contribution in [0.1, 0.15) is 64.5 Å². The van der Waals surface area contributed by atoms with Crippen molar-refractivity contribution in [3.05, 3.63) is 118 Å². The maximum Gasteiger partial charge on any atom is 0.264 e. The number of hydrogen-bond acceptors (Lipinski definition) is 6. The van der Waals surface area contributed by atoms with Gasteiger partial charge in [0.2, 0.25) is 5.69 Å². The Morgan fingerprint density at radius 3 is 2.24 bits per heavy atom. The average Bonchev–Trinajstić information content (AvgIpc) is 3.38. The van der Waals surface area contributed by atoms with E-state index >= 15 is 0 Å². The number of hydrogen-bond donors (Lipinski definition) is 1. The second-order valence-electron chi connectivity index (χ2n) is 13.9. The van der Waals surface area contributed by atoms with Crippen molar-refractivity contribution >= 4 is 70.7 Å². The molecule has 266 valence electrons. The summed E-state index contributed by atoms with van der Waals surface area (Å²) in [5.74, 6) is -0.608. The van der Waals surface area contributed by atoms with E-state index in [9.17, 15) is 25.9 Å². The van der Waals surface area contributed by atoms with Crippen LogP contribution < -0.4 is 4.90 Å². The molecular weight excluding hydrogens is 783 g/mol. The van der Waals surface area contributed by atoms with Gasteiger partial charge < -0.3 is 9.45 Å². The highest BCUT2D eigenvalue weighted by Crippen LogP contribution is 2.49. The van der Waals surface area contributed by atoms with E-state index in [-0.39, 0.29) is 22.3 Å². The lowest BCUT2D eigenvalue weighted by Gasteiger charge is -2.27. The SMILES string of the molecule is CC1(C)C(/C=C/C=C/C=C/C=C2/N(CCCCS(=O)(=O)O)c3cccc(I)c3C2(C)C)=[N+](CCCCS(=O)(=O)[O-])c2ccc3ccccc3c21. The summed E-state index contributed by atoms with van der Waals surface area (Å²) in [5, 5.41) is 2.36. The highest BCUT2D eigenvalue weighted by atomic mass is 127. The molecule has 0 radical (unpaired) electrons. The molecule has 0 amide bonds. The zero-order chi connectivity index (χ0) is 36.3. The Bertz CT molecular complexity index is 2150. The van der Waals surface area contributed by atoms with Crippen LogP contribution in [0.2, 0.25) is 0 Å². The smallest absolute Gasteiger partial charge is 0.264 e. The van der Waals surface area contributed by atoms with E-state index in [0.717, 1.165) is 22.8 Å². The van der Waals surface area contributed by atoms with Gasteiger partial charge in [-0.1, -0.05) is 74.6 Å². The number of unbranched alkanes of at least 4 members (excludes halogenated alkanes) is 2. The Morgan fingerprint density at radius 2 is 1.50 bits per heavy atom. The molecule has 2 heterocycles. The Morgan fingerprint density at radius 1 is 0.800 bits per heavy atom. The Labute approximate surface area is 310 Å². The predicted octanol–water partition coefficient (Wildman–Crippen LogP) is 8.16. The molecule has 50 heavy (non-hydrogen) atoms. The molecule has 0 bridgehead atoms. The molecule has 0 aliphatic carbocycles. The van der Waals surface area contributed by atoms with Gasteiger partial charge in [0, 0.05) is 62.4 Å². The maximum atomic E-state index is 11.3. The summed E-state index contributed by atoms with van der Waals surface area (Å²) in [4.78, 5) is 2.26. The van der Waals surface area contributed by atoms with Gasteiger partial charge in [-0.2, -0.15) is 13.0 Å². The first-order valence-corrected chi connectivity index (χ1v) is 21.1. The molecule has 3 aromatic rings. The first-order valence-electron chi connectivity index (χ1n) is 16.9. The third kappa shape index (κ3) is 8.50. The lowest BCUT2D eigenvalue weighted by Crippen LogP contribution is -2.28. The van der Waals surface area contributed by atoms with Crippen LogP contribution in [0.5, 0.6) is 0 Å². The van der Waals surface area contributed by atoms with E-state index in [0.29, 0.717) is 38.8 Å². The van der Waals surface area contributed by atoms with E-state index in [1.54, 1.807) is 0 Å². The summed E-state index contributed by atoms with van der Waals surface area (Å²) in [6, 6.07) is 18.9. The molecule has 0 atom stereocenters. The van der Waals surface area contributed by atoms with E-state index in [2.05, 4.69) is 114 Å². The van der Waals surface area contributed by atoms with Gasteiger partial charge in [0.25, 0.3) is 10.1 Å². The van der Waals surface area contributed by atoms with Crippen LogP contribution in [0.25, 0.3) is 10.8 Å².